The number of hydrogen-bond donors (Lipinski definition) is 0. The van der Waals surface area contributed by atoms with Crippen molar-refractivity contribution in [2.75, 3.05) is 13.2 Å². The average Bonchev–Trinajstić information content (AvgIpc) is 3.36. The van der Waals surface area contributed by atoms with Crippen LogP contribution in [0.15, 0.2) is 48.6 Å². The van der Waals surface area contributed by atoms with Crippen molar-refractivity contribution in [2.24, 2.45) is 0 Å². The predicted molar refractivity (Wildman–Crippen MR) is 302 cm³/mol. The summed E-state index contributed by atoms with van der Waals surface area (Å²) in [7, 11) is 0. The molecule has 1 unspecified atom stereocenters. The summed E-state index contributed by atoms with van der Waals surface area (Å²) in [5, 5.41) is 0. The van der Waals surface area contributed by atoms with Crippen LogP contribution in [0.5, 0.6) is 0 Å². The van der Waals surface area contributed by atoms with Gasteiger partial charge in [0.1, 0.15) is 13.2 Å². The van der Waals surface area contributed by atoms with E-state index in [1.807, 2.05) is 0 Å². The van der Waals surface area contributed by atoms with Crippen molar-refractivity contribution in [1.82, 2.24) is 0 Å². The summed E-state index contributed by atoms with van der Waals surface area (Å²) < 4.78 is 16.9. The summed E-state index contributed by atoms with van der Waals surface area (Å²) in [6.07, 6.45) is 72.5. The van der Waals surface area contributed by atoms with Gasteiger partial charge in [-0.2, -0.15) is 0 Å². The highest BCUT2D eigenvalue weighted by Crippen LogP contribution is 2.17. The van der Waals surface area contributed by atoms with E-state index in [9.17, 15) is 14.4 Å². The van der Waals surface area contributed by atoms with Crippen LogP contribution in [-0.4, -0.2) is 37.2 Å². The molecule has 0 aliphatic carbocycles. The maximum absolute atomic E-state index is 12.9. The van der Waals surface area contributed by atoms with E-state index in [0.717, 1.165) is 83.5 Å². The van der Waals surface area contributed by atoms with Crippen LogP contribution < -0.4 is 0 Å². The minimum Gasteiger partial charge on any atom is -0.462 e. The Hall–Kier alpha value is -2.63. The van der Waals surface area contributed by atoms with Crippen molar-refractivity contribution >= 4 is 17.9 Å². The first-order chi connectivity index (χ1) is 34.5. The highest BCUT2D eigenvalue weighted by Gasteiger charge is 2.19. The number of esters is 3. The smallest absolute Gasteiger partial charge is 0.306 e. The van der Waals surface area contributed by atoms with Crippen LogP contribution in [0.4, 0.5) is 0 Å². The Morgan fingerprint density at radius 1 is 0.300 bits per heavy atom. The van der Waals surface area contributed by atoms with Crippen molar-refractivity contribution in [3.63, 3.8) is 0 Å². The first kappa shape index (κ1) is 67.4. The average molecular weight is 982 g/mol. The number of ether oxygens (including phenoxy) is 3. The van der Waals surface area contributed by atoms with E-state index < -0.39 is 6.10 Å². The normalized spacial score (nSPS) is 12.3. The molecule has 0 heterocycles. The summed E-state index contributed by atoms with van der Waals surface area (Å²) in [4.78, 5) is 38.2. The van der Waals surface area contributed by atoms with Crippen molar-refractivity contribution in [2.45, 2.75) is 329 Å². The fourth-order valence-electron chi connectivity index (χ4n) is 9.02. The topological polar surface area (TPSA) is 78.9 Å². The summed E-state index contributed by atoms with van der Waals surface area (Å²) >= 11 is 0. The van der Waals surface area contributed by atoms with Crippen LogP contribution in [0.3, 0.4) is 0 Å². The Labute approximate surface area is 435 Å². The summed E-state index contributed by atoms with van der Waals surface area (Å²) in [5.41, 5.74) is 0. The Kier molecular flexibility index (Phi) is 56.7. The molecule has 0 amide bonds. The fraction of sp³-hybridized carbons (Fsp3) is 0.828. The lowest BCUT2D eigenvalue weighted by atomic mass is 10.0. The lowest BCUT2D eigenvalue weighted by Crippen LogP contribution is -2.30. The molecule has 0 rings (SSSR count). The molecule has 6 nitrogen and oxygen atoms in total. The van der Waals surface area contributed by atoms with Crippen LogP contribution >= 0.6 is 0 Å². The third-order valence-corrected chi connectivity index (χ3v) is 13.6. The molecule has 0 radical (unpaired) electrons. The molecule has 0 saturated heterocycles. The second kappa shape index (κ2) is 58.9. The molecule has 70 heavy (non-hydrogen) atoms. The molecule has 0 aromatic heterocycles. The van der Waals surface area contributed by atoms with E-state index in [4.69, 9.17) is 14.2 Å². The Bertz CT molecular complexity index is 1220. The fourth-order valence-corrected chi connectivity index (χ4v) is 9.02. The van der Waals surface area contributed by atoms with Crippen LogP contribution in [0.1, 0.15) is 323 Å². The van der Waals surface area contributed by atoms with Crippen LogP contribution in [0.2, 0.25) is 0 Å². The highest BCUT2D eigenvalue weighted by molar-refractivity contribution is 5.71. The Morgan fingerprint density at radius 2 is 0.557 bits per heavy atom. The van der Waals surface area contributed by atoms with E-state index in [2.05, 4.69) is 69.4 Å². The number of rotatable bonds is 56. The number of carbonyl (C=O) groups excluding carboxylic acids is 3. The van der Waals surface area contributed by atoms with Gasteiger partial charge in [-0.15, -0.1) is 0 Å². The van der Waals surface area contributed by atoms with E-state index in [-0.39, 0.29) is 31.1 Å². The summed E-state index contributed by atoms with van der Waals surface area (Å²) in [6.45, 7) is 6.57. The molecule has 0 N–H and O–H groups in total. The molecule has 0 fully saturated rings. The quantitative estimate of drug-likeness (QED) is 0.0261. The molecule has 0 bridgehead atoms. The second-order valence-corrected chi connectivity index (χ2v) is 20.6. The minimum atomic E-state index is -0.771. The first-order valence-electron chi connectivity index (χ1n) is 30.6. The van der Waals surface area contributed by atoms with Crippen molar-refractivity contribution in [1.29, 1.82) is 0 Å². The van der Waals surface area contributed by atoms with E-state index in [0.29, 0.717) is 19.3 Å². The number of carbonyl (C=O) groups is 3. The maximum atomic E-state index is 12.9. The summed E-state index contributed by atoms with van der Waals surface area (Å²) in [6, 6.07) is 0. The van der Waals surface area contributed by atoms with Crippen LogP contribution in [-0.2, 0) is 28.6 Å². The van der Waals surface area contributed by atoms with Crippen molar-refractivity contribution in [3.05, 3.63) is 48.6 Å². The van der Waals surface area contributed by atoms with E-state index in [1.165, 1.54) is 199 Å². The van der Waals surface area contributed by atoms with Gasteiger partial charge in [0.15, 0.2) is 6.10 Å². The third kappa shape index (κ3) is 56.3. The highest BCUT2D eigenvalue weighted by atomic mass is 16.6. The monoisotopic (exact) mass is 981 g/mol. The molecule has 0 spiro atoms. The number of hydrogen-bond acceptors (Lipinski definition) is 6. The van der Waals surface area contributed by atoms with E-state index in [1.54, 1.807) is 0 Å². The van der Waals surface area contributed by atoms with Gasteiger partial charge in [0.2, 0.25) is 0 Å². The zero-order valence-corrected chi connectivity index (χ0v) is 46.8. The standard InChI is InChI=1S/C64H116O6/c1-4-7-10-13-16-19-22-25-28-29-30-31-32-33-34-35-37-39-42-45-48-51-54-57-63(66)69-60-61(59-68-62(65)56-53-50-47-44-41-38-27-24-21-18-15-12-9-6-3)70-64(67)58-55-52-49-46-43-40-36-26-23-20-17-14-11-8-5-2/h7,10,16,19,25,28,30-31,61H,4-6,8-9,11-15,17-18,20-24,26-27,29,32-60H2,1-3H3/b10-7-,19-16-,28-25-,31-30-. The lowest BCUT2D eigenvalue weighted by Gasteiger charge is -2.18. The molecule has 0 aromatic rings. The maximum Gasteiger partial charge on any atom is 0.306 e. The van der Waals surface area contributed by atoms with Gasteiger partial charge in [-0.05, 0) is 57.8 Å². The van der Waals surface area contributed by atoms with Gasteiger partial charge in [0.05, 0.1) is 0 Å². The van der Waals surface area contributed by atoms with Gasteiger partial charge in [0, 0.05) is 19.3 Å². The van der Waals surface area contributed by atoms with Gasteiger partial charge in [0.25, 0.3) is 0 Å². The molecule has 0 saturated carbocycles. The van der Waals surface area contributed by atoms with Gasteiger partial charge in [-0.3, -0.25) is 14.4 Å². The number of allylic oxidation sites excluding steroid dienone is 8. The SMILES string of the molecule is CC/C=C\C/C=C\C/C=C\C/C=C\CCCCCCCCCCCCC(=O)OCC(COC(=O)CCCCCCCCCCCCCCCC)OC(=O)CCCCCCCCCCCCCCCCC. The molecule has 0 aliphatic heterocycles. The Balaban J connectivity index is 4.29. The molecular formula is C64H116O6. The van der Waals surface area contributed by atoms with Crippen molar-refractivity contribution < 1.29 is 28.6 Å². The zero-order valence-electron chi connectivity index (χ0n) is 46.8. The van der Waals surface area contributed by atoms with Crippen LogP contribution in [0, 0.1) is 0 Å². The third-order valence-electron chi connectivity index (χ3n) is 13.6. The molecule has 0 aliphatic rings. The van der Waals surface area contributed by atoms with Gasteiger partial charge < -0.3 is 14.2 Å². The predicted octanol–water partition coefficient (Wildman–Crippen LogP) is 20.6. The van der Waals surface area contributed by atoms with Crippen molar-refractivity contribution in [3.8, 4) is 0 Å². The van der Waals surface area contributed by atoms with E-state index >= 15 is 0 Å². The second-order valence-electron chi connectivity index (χ2n) is 20.6. The molecule has 6 heteroatoms. The number of unbranched alkanes of at least 4 members (excludes halogenated alkanes) is 37. The molecule has 0 aromatic carbocycles. The molecule has 408 valence electrons. The molecule has 1 atom stereocenters. The largest absolute Gasteiger partial charge is 0.462 e. The minimum absolute atomic E-state index is 0.0688. The van der Waals surface area contributed by atoms with Crippen LogP contribution in [0.25, 0.3) is 0 Å². The lowest BCUT2D eigenvalue weighted by molar-refractivity contribution is -0.167. The zero-order chi connectivity index (χ0) is 50.7. The molecular weight excluding hydrogens is 865 g/mol. The van der Waals surface area contributed by atoms with Gasteiger partial charge in [-0.1, -0.05) is 294 Å². The summed E-state index contributed by atoms with van der Waals surface area (Å²) in [5.74, 6) is -0.852. The van der Waals surface area contributed by atoms with Gasteiger partial charge in [-0.25, -0.2) is 0 Å². The Morgan fingerprint density at radius 3 is 0.871 bits per heavy atom. The van der Waals surface area contributed by atoms with Gasteiger partial charge >= 0.3 is 17.9 Å². The first-order valence-corrected chi connectivity index (χ1v) is 30.6.